The highest BCUT2D eigenvalue weighted by Crippen LogP contribution is 2.47. The van der Waals surface area contributed by atoms with Crippen molar-refractivity contribution in [3.63, 3.8) is 0 Å². The predicted molar refractivity (Wildman–Crippen MR) is 98.5 cm³/mol. The summed E-state index contributed by atoms with van der Waals surface area (Å²) in [5, 5.41) is 4.85. The predicted octanol–water partition coefficient (Wildman–Crippen LogP) is 4.73. The summed E-state index contributed by atoms with van der Waals surface area (Å²) in [6, 6.07) is 21.2. The molecule has 0 fully saturated rings. The van der Waals surface area contributed by atoms with E-state index in [4.69, 9.17) is 11.5 Å². The Morgan fingerprint density at radius 3 is 2.30 bits per heavy atom. The highest BCUT2D eigenvalue weighted by Gasteiger charge is 2.24. The SMILES string of the molecule is Nc1ccc2c(c1N)c1c(c3ccccc32)-c2ccccc2C1. The minimum atomic E-state index is 0.658. The van der Waals surface area contributed by atoms with E-state index in [1.807, 2.05) is 6.07 Å². The highest BCUT2D eigenvalue weighted by molar-refractivity contribution is 6.21. The molecule has 1 aliphatic carbocycles. The molecular weight excluding hydrogens is 280 g/mol. The molecule has 0 unspecified atom stereocenters. The first-order valence-corrected chi connectivity index (χ1v) is 7.85. The summed E-state index contributed by atoms with van der Waals surface area (Å²) in [5.41, 5.74) is 19.2. The minimum Gasteiger partial charge on any atom is -0.397 e. The Labute approximate surface area is 134 Å². The maximum absolute atomic E-state index is 6.39. The quantitative estimate of drug-likeness (QED) is 0.320. The third-order valence-electron chi connectivity index (χ3n) is 5.02. The first kappa shape index (κ1) is 12.5. The standard InChI is InChI=1S/C21H16N2/c22-18-10-9-16-14-7-3-4-8-15(14)19-13-6-2-1-5-12(13)11-17(19)20(16)21(18)23/h1-10H,11,22-23H2. The third kappa shape index (κ3) is 1.53. The monoisotopic (exact) mass is 296 g/mol. The van der Waals surface area contributed by atoms with E-state index in [0.29, 0.717) is 11.4 Å². The fraction of sp³-hybridized carbons (Fsp3) is 0.0476. The van der Waals surface area contributed by atoms with Crippen molar-refractivity contribution in [1.82, 2.24) is 0 Å². The summed E-state index contributed by atoms with van der Waals surface area (Å²) < 4.78 is 0. The Morgan fingerprint density at radius 1 is 0.696 bits per heavy atom. The lowest BCUT2D eigenvalue weighted by Crippen LogP contribution is -1.98. The van der Waals surface area contributed by atoms with Crippen LogP contribution in [0.2, 0.25) is 0 Å². The second-order valence-electron chi connectivity index (χ2n) is 6.22. The summed E-state index contributed by atoms with van der Waals surface area (Å²) in [5.74, 6) is 0. The molecule has 2 heteroatoms. The molecule has 0 aromatic heterocycles. The summed E-state index contributed by atoms with van der Waals surface area (Å²) >= 11 is 0. The van der Waals surface area contributed by atoms with Gasteiger partial charge in [-0.2, -0.15) is 0 Å². The van der Waals surface area contributed by atoms with Gasteiger partial charge in [-0.3, -0.25) is 0 Å². The maximum atomic E-state index is 6.39. The largest absolute Gasteiger partial charge is 0.397 e. The van der Waals surface area contributed by atoms with Gasteiger partial charge in [-0.1, -0.05) is 54.6 Å². The molecule has 0 aliphatic heterocycles. The molecule has 0 heterocycles. The first-order chi connectivity index (χ1) is 11.3. The van der Waals surface area contributed by atoms with E-state index >= 15 is 0 Å². The van der Waals surface area contributed by atoms with Gasteiger partial charge >= 0.3 is 0 Å². The average molecular weight is 296 g/mol. The highest BCUT2D eigenvalue weighted by atomic mass is 14.7. The van der Waals surface area contributed by atoms with Crippen molar-refractivity contribution in [1.29, 1.82) is 0 Å². The van der Waals surface area contributed by atoms with Crippen LogP contribution in [-0.4, -0.2) is 0 Å². The lowest BCUT2D eigenvalue weighted by molar-refractivity contribution is 1.29. The molecule has 23 heavy (non-hydrogen) atoms. The van der Waals surface area contributed by atoms with Crippen LogP contribution < -0.4 is 11.5 Å². The van der Waals surface area contributed by atoms with Gasteiger partial charge in [0.15, 0.2) is 0 Å². The van der Waals surface area contributed by atoms with Crippen LogP contribution in [0.4, 0.5) is 11.4 Å². The van der Waals surface area contributed by atoms with Gasteiger partial charge in [-0.05, 0) is 50.9 Å². The van der Waals surface area contributed by atoms with E-state index in [-0.39, 0.29) is 0 Å². The number of anilines is 2. The smallest absolute Gasteiger partial charge is 0.0630 e. The molecule has 0 spiro atoms. The molecular formula is C21H16N2. The van der Waals surface area contributed by atoms with Crippen LogP contribution in [0.15, 0.2) is 60.7 Å². The topological polar surface area (TPSA) is 52.0 Å². The van der Waals surface area contributed by atoms with Gasteiger partial charge in [-0.15, -0.1) is 0 Å². The zero-order valence-corrected chi connectivity index (χ0v) is 12.6. The molecule has 4 aromatic rings. The van der Waals surface area contributed by atoms with Crippen LogP contribution in [0, 0.1) is 0 Å². The van der Waals surface area contributed by atoms with Crippen molar-refractivity contribution in [2.45, 2.75) is 6.42 Å². The number of hydrogen-bond donors (Lipinski definition) is 2. The van der Waals surface area contributed by atoms with Gasteiger partial charge in [0.1, 0.15) is 0 Å². The number of hydrogen-bond acceptors (Lipinski definition) is 2. The van der Waals surface area contributed by atoms with E-state index in [9.17, 15) is 0 Å². The zero-order valence-electron chi connectivity index (χ0n) is 12.6. The maximum Gasteiger partial charge on any atom is 0.0630 e. The molecule has 0 saturated carbocycles. The van der Waals surface area contributed by atoms with Crippen molar-refractivity contribution < 1.29 is 0 Å². The van der Waals surface area contributed by atoms with Gasteiger partial charge in [-0.25, -0.2) is 0 Å². The molecule has 0 amide bonds. The number of benzene rings is 4. The lowest BCUT2D eigenvalue weighted by atomic mass is 9.90. The summed E-state index contributed by atoms with van der Waals surface area (Å²) in [4.78, 5) is 0. The van der Waals surface area contributed by atoms with Crippen LogP contribution in [0.1, 0.15) is 11.1 Å². The molecule has 0 radical (unpaired) electrons. The van der Waals surface area contributed by atoms with E-state index < -0.39 is 0 Å². The first-order valence-electron chi connectivity index (χ1n) is 7.85. The zero-order chi connectivity index (χ0) is 15.6. The van der Waals surface area contributed by atoms with Gasteiger partial charge < -0.3 is 11.5 Å². The Bertz CT molecular complexity index is 1110. The fourth-order valence-corrected chi connectivity index (χ4v) is 4.00. The normalized spacial score (nSPS) is 12.5. The second-order valence-corrected chi connectivity index (χ2v) is 6.22. The molecule has 0 bridgehead atoms. The van der Waals surface area contributed by atoms with Crippen molar-refractivity contribution in [3.8, 4) is 11.1 Å². The minimum absolute atomic E-state index is 0.658. The van der Waals surface area contributed by atoms with Gasteiger partial charge in [0, 0.05) is 5.39 Å². The summed E-state index contributed by atoms with van der Waals surface area (Å²) in [6.45, 7) is 0. The number of rotatable bonds is 0. The molecule has 4 aromatic carbocycles. The van der Waals surface area contributed by atoms with Gasteiger partial charge in [0.2, 0.25) is 0 Å². The fourth-order valence-electron chi connectivity index (χ4n) is 4.00. The van der Waals surface area contributed by atoms with E-state index in [1.54, 1.807) is 0 Å². The van der Waals surface area contributed by atoms with Crippen LogP contribution in [0.25, 0.3) is 32.7 Å². The molecule has 2 nitrogen and oxygen atoms in total. The number of nitrogen functional groups attached to an aromatic ring is 2. The van der Waals surface area contributed by atoms with E-state index in [1.165, 1.54) is 38.4 Å². The number of fused-ring (bicyclic) bond motifs is 8. The van der Waals surface area contributed by atoms with Crippen molar-refractivity contribution in [2.24, 2.45) is 0 Å². The number of nitrogens with two attached hydrogens (primary N) is 2. The molecule has 110 valence electrons. The van der Waals surface area contributed by atoms with Crippen LogP contribution in [-0.2, 0) is 6.42 Å². The lowest BCUT2D eigenvalue weighted by Gasteiger charge is -2.15. The van der Waals surface area contributed by atoms with Crippen LogP contribution >= 0.6 is 0 Å². The molecule has 0 atom stereocenters. The molecule has 4 N–H and O–H groups in total. The summed E-state index contributed by atoms with van der Waals surface area (Å²) in [7, 11) is 0. The van der Waals surface area contributed by atoms with Crippen LogP contribution in [0.3, 0.4) is 0 Å². The van der Waals surface area contributed by atoms with Crippen molar-refractivity contribution >= 4 is 32.9 Å². The molecule has 1 aliphatic rings. The second kappa shape index (κ2) is 4.26. The molecule has 0 saturated heterocycles. The Kier molecular flexibility index (Phi) is 2.32. The van der Waals surface area contributed by atoms with E-state index in [2.05, 4.69) is 54.6 Å². The average Bonchev–Trinajstić information content (AvgIpc) is 2.97. The van der Waals surface area contributed by atoms with Crippen molar-refractivity contribution in [2.75, 3.05) is 11.5 Å². The summed E-state index contributed by atoms with van der Waals surface area (Å²) in [6.07, 6.45) is 0.917. The Balaban J connectivity index is 2.09. The third-order valence-corrected chi connectivity index (χ3v) is 5.02. The van der Waals surface area contributed by atoms with E-state index in [0.717, 1.165) is 11.8 Å². The Morgan fingerprint density at radius 2 is 1.43 bits per heavy atom. The van der Waals surface area contributed by atoms with Crippen LogP contribution in [0.5, 0.6) is 0 Å². The van der Waals surface area contributed by atoms with Crippen molar-refractivity contribution in [3.05, 3.63) is 71.8 Å². The Hall–Kier alpha value is -3.00. The van der Waals surface area contributed by atoms with Gasteiger partial charge in [0.05, 0.1) is 11.4 Å². The van der Waals surface area contributed by atoms with Gasteiger partial charge in [0.25, 0.3) is 0 Å². The molecule has 5 rings (SSSR count).